The Morgan fingerprint density at radius 2 is 1.92 bits per heavy atom. The lowest BCUT2D eigenvalue weighted by atomic mass is 10.1. The minimum absolute atomic E-state index is 0.636. The smallest absolute Gasteiger partial charge is 0.209 e. The van der Waals surface area contributed by atoms with Gasteiger partial charge >= 0.3 is 0 Å². The third kappa shape index (κ3) is 3.36. The molecule has 4 aromatic rings. The summed E-state index contributed by atoms with van der Waals surface area (Å²) in [5, 5.41) is 4.94. The molecular weight excluding hydrogens is 368 g/mol. The SMILES string of the molecule is COc1ccc(-c2cc(=Nc3nc(C)cs3)c3cc(Cl)ccc3o2)cc1. The molecule has 0 aliphatic heterocycles. The standard InChI is InChI=1S/C20H15ClN2O2S/c1-12-11-26-20(22-12)23-17-10-19(13-3-6-15(24-2)7-4-13)25-18-8-5-14(21)9-16(17)18/h3-11H,1-2H3. The lowest BCUT2D eigenvalue weighted by molar-refractivity contribution is 0.415. The first-order chi connectivity index (χ1) is 12.6. The minimum atomic E-state index is 0.636. The quantitative estimate of drug-likeness (QED) is 0.452. The average molecular weight is 383 g/mol. The molecule has 0 fully saturated rings. The highest BCUT2D eigenvalue weighted by atomic mass is 35.5. The number of fused-ring (bicyclic) bond motifs is 1. The van der Waals surface area contributed by atoms with Crippen LogP contribution in [-0.4, -0.2) is 12.1 Å². The van der Waals surface area contributed by atoms with E-state index in [2.05, 4.69) is 4.98 Å². The van der Waals surface area contributed by atoms with Crippen LogP contribution in [0.25, 0.3) is 22.3 Å². The molecule has 0 spiro atoms. The Labute approximate surface area is 159 Å². The summed E-state index contributed by atoms with van der Waals surface area (Å²) in [5.41, 5.74) is 2.61. The highest BCUT2D eigenvalue weighted by molar-refractivity contribution is 7.13. The Morgan fingerprint density at radius 3 is 2.62 bits per heavy atom. The Bertz CT molecular complexity index is 1150. The van der Waals surface area contributed by atoms with Gasteiger partial charge in [0.25, 0.3) is 0 Å². The van der Waals surface area contributed by atoms with E-state index in [4.69, 9.17) is 25.7 Å². The molecule has 0 atom stereocenters. The summed E-state index contributed by atoms with van der Waals surface area (Å²) < 4.78 is 11.3. The first kappa shape index (κ1) is 16.8. The zero-order valence-electron chi connectivity index (χ0n) is 14.2. The van der Waals surface area contributed by atoms with Crippen LogP contribution in [0.4, 0.5) is 5.13 Å². The average Bonchev–Trinajstić information content (AvgIpc) is 3.07. The van der Waals surface area contributed by atoms with E-state index in [9.17, 15) is 0 Å². The monoisotopic (exact) mass is 382 g/mol. The van der Waals surface area contributed by atoms with Gasteiger partial charge in [-0.15, -0.1) is 11.3 Å². The van der Waals surface area contributed by atoms with Gasteiger partial charge in [0.2, 0.25) is 5.13 Å². The fourth-order valence-corrected chi connectivity index (χ4v) is 3.48. The number of hydrogen-bond donors (Lipinski definition) is 0. The van der Waals surface area contributed by atoms with Gasteiger partial charge in [-0.2, -0.15) is 0 Å². The van der Waals surface area contributed by atoms with Crippen LogP contribution in [0.1, 0.15) is 5.69 Å². The first-order valence-corrected chi connectivity index (χ1v) is 9.23. The van der Waals surface area contributed by atoms with Crippen molar-refractivity contribution in [3.63, 3.8) is 0 Å². The maximum Gasteiger partial charge on any atom is 0.209 e. The molecular formula is C20H15ClN2O2S. The summed E-state index contributed by atoms with van der Waals surface area (Å²) in [4.78, 5) is 9.15. The number of halogens is 1. The molecule has 0 amide bonds. The molecule has 2 aromatic heterocycles. The zero-order valence-corrected chi connectivity index (χ0v) is 15.8. The fraction of sp³-hybridized carbons (Fsp3) is 0.100. The van der Waals surface area contributed by atoms with E-state index in [-0.39, 0.29) is 0 Å². The van der Waals surface area contributed by atoms with Crippen LogP contribution in [0.3, 0.4) is 0 Å². The lowest BCUT2D eigenvalue weighted by Crippen LogP contribution is -2.03. The third-order valence-corrected chi connectivity index (χ3v) is 4.99. The Morgan fingerprint density at radius 1 is 1.12 bits per heavy atom. The van der Waals surface area contributed by atoms with E-state index >= 15 is 0 Å². The number of nitrogens with zero attached hydrogens (tertiary/aromatic N) is 2. The summed E-state index contributed by atoms with van der Waals surface area (Å²) in [7, 11) is 1.64. The van der Waals surface area contributed by atoms with Crippen molar-refractivity contribution < 1.29 is 9.15 Å². The van der Waals surface area contributed by atoms with Crippen molar-refractivity contribution >= 4 is 39.0 Å². The van der Waals surface area contributed by atoms with Crippen molar-refractivity contribution in [1.82, 2.24) is 4.98 Å². The Hall–Kier alpha value is -2.63. The molecule has 0 unspecified atom stereocenters. The van der Waals surface area contributed by atoms with Crippen molar-refractivity contribution in [2.75, 3.05) is 7.11 Å². The van der Waals surface area contributed by atoms with E-state index in [1.165, 1.54) is 11.3 Å². The molecule has 0 bridgehead atoms. The molecule has 0 radical (unpaired) electrons. The summed E-state index contributed by atoms with van der Waals surface area (Å²) in [6.45, 7) is 1.95. The number of benzene rings is 2. The molecule has 0 saturated carbocycles. The predicted molar refractivity (Wildman–Crippen MR) is 105 cm³/mol. The lowest BCUT2D eigenvalue weighted by Gasteiger charge is -2.06. The highest BCUT2D eigenvalue weighted by Crippen LogP contribution is 2.26. The Balaban J connectivity index is 1.95. The second-order valence-electron chi connectivity index (χ2n) is 5.75. The van der Waals surface area contributed by atoms with Crippen molar-refractivity contribution in [1.29, 1.82) is 0 Å². The largest absolute Gasteiger partial charge is 0.497 e. The summed E-state index contributed by atoms with van der Waals surface area (Å²) in [6.07, 6.45) is 0. The molecule has 130 valence electrons. The van der Waals surface area contributed by atoms with Crippen LogP contribution < -0.4 is 10.1 Å². The van der Waals surface area contributed by atoms with Crippen LogP contribution in [0.5, 0.6) is 5.75 Å². The molecule has 0 saturated heterocycles. The number of rotatable bonds is 3. The number of aromatic nitrogens is 1. The van der Waals surface area contributed by atoms with E-state index in [0.717, 1.165) is 39.1 Å². The van der Waals surface area contributed by atoms with E-state index in [0.29, 0.717) is 10.2 Å². The van der Waals surface area contributed by atoms with Crippen molar-refractivity contribution in [3.8, 4) is 17.1 Å². The van der Waals surface area contributed by atoms with Gasteiger partial charge < -0.3 is 9.15 Å². The number of hydrogen-bond acceptors (Lipinski definition) is 5. The van der Waals surface area contributed by atoms with Gasteiger partial charge in [-0.3, -0.25) is 0 Å². The summed E-state index contributed by atoms with van der Waals surface area (Å²) >= 11 is 7.68. The van der Waals surface area contributed by atoms with Crippen LogP contribution in [0, 0.1) is 6.92 Å². The molecule has 0 aliphatic carbocycles. The van der Waals surface area contributed by atoms with E-state index in [1.54, 1.807) is 7.11 Å². The van der Waals surface area contributed by atoms with Crippen LogP contribution in [0.2, 0.25) is 5.02 Å². The van der Waals surface area contributed by atoms with E-state index in [1.807, 2.05) is 60.8 Å². The zero-order chi connectivity index (χ0) is 18.1. The van der Waals surface area contributed by atoms with Crippen LogP contribution in [-0.2, 0) is 0 Å². The van der Waals surface area contributed by atoms with Crippen molar-refractivity contribution in [2.45, 2.75) is 6.92 Å². The maximum atomic E-state index is 6.18. The Kier molecular flexibility index (Phi) is 4.49. The minimum Gasteiger partial charge on any atom is -0.497 e. The van der Waals surface area contributed by atoms with Gasteiger partial charge in [0, 0.05) is 27.4 Å². The molecule has 2 aromatic carbocycles. The van der Waals surface area contributed by atoms with Gasteiger partial charge in [-0.25, -0.2) is 9.98 Å². The molecule has 2 heterocycles. The van der Waals surface area contributed by atoms with Crippen LogP contribution in [0.15, 0.2) is 63.3 Å². The molecule has 6 heteroatoms. The normalized spacial score (nSPS) is 11.9. The van der Waals surface area contributed by atoms with Crippen molar-refractivity contribution in [2.24, 2.45) is 4.99 Å². The fourth-order valence-electron chi connectivity index (χ4n) is 2.63. The molecule has 0 N–H and O–H groups in total. The second-order valence-corrected chi connectivity index (χ2v) is 7.02. The van der Waals surface area contributed by atoms with Gasteiger partial charge in [-0.05, 0) is 49.4 Å². The highest BCUT2D eigenvalue weighted by Gasteiger charge is 2.08. The molecule has 4 nitrogen and oxygen atoms in total. The first-order valence-electron chi connectivity index (χ1n) is 7.97. The predicted octanol–water partition coefficient (Wildman–Crippen LogP) is 5.76. The third-order valence-electron chi connectivity index (χ3n) is 3.90. The van der Waals surface area contributed by atoms with Crippen molar-refractivity contribution in [3.05, 3.63) is 70.0 Å². The van der Waals surface area contributed by atoms with Gasteiger partial charge in [0.05, 0.1) is 18.2 Å². The second kappa shape index (κ2) is 6.94. The van der Waals surface area contributed by atoms with Gasteiger partial charge in [0.1, 0.15) is 17.1 Å². The van der Waals surface area contributed by atoms with E-state index < -0.39 is 0 Å². The summed E-state index contributed by atoms with van der Waals surface area (Å²) in [6, 6.07) is 15.2. The summed E-state index contributed by atoms with van der Waals surface area (Å²) in [5.74, 6) is 1.51. The van der Waals surface area contributed by atoms with Gasteiger partial charge in [-0.1, -0.05) is 11.6 Å². The van der Waals surface area contributed by atoms with Gasteiger partial charge in [0.15, 0.2) is 0 Å². The number of aryl methyl sites for hydroxylation is 1. The number of ether oxygens (including phenoxy) is 1. The number of thiazole rings is 1. The molecule has 26 heavy (non-hydrogen) atoms. The maximum absolute atomic E-state index is 6.18. The number of methoxy groups -OCH3 is 1. The molecule has 4 rings (SSSR count). The van der Waals surface area contributed by atoms with Crippen LogP contribution >= 0.6 is 22.9 Å². The molecule has 0 aliphatic rings. The topological polar surface area (TPSA) is 47.6 Å².